The number of hydrogen-bond acceptors (Lipinski definition) is 12. The normalized spacial score (nSPS) is 30.0. The van der Waals surface area contributed by atoms with Crippen LogP contribution in [0.3, 0.4) is 0 Å². The van der Waals surface area contributed by atoms with E-state index in [1.807, 2.05) is 24.3 Å². The number of fused-ring (bicyclic) bond motifs is 5. The van der Waals surface area contributed by atoms with Crippen molar-refractivity contribution in [2.24, 2.45) is 11.3 Å². The number of esters is 2. The first-order valence-electron chi connectivity index (χ1n) is 24.7. The molecule has 2 aromatic rings. The number of unbranched alkanes of at least 4 members (excludes halogenated alkanes) is 4. The number of carbonyl (C=O) groups is 4. The summed E-state index contributed by atoms with van der Waals surface area (Å²) in [5, 5.41) is 17.7. The van der Waals surface area contributed by atoms with Gasteiger partial charge in [0.1, 0.15) is 35.4 Å². The highest BCUT2D eigenvalue weighted by molar-refractivity contribution is 5.95. The van der Waals surface area contributed by atoms with E-state index < -0.39 is 71.1 Å². The van der Waals surface area contributed by atoms with E-state index in [-0.39, 0.29) is 44.9 Å². The molecule has 2 amide bonds. The minimum atomic E-state index is -1.38. The second kappa shape index (κ2) is 20.6. The van der Waals surface area contributed by atoms with Gasteiger partial charge in [0, 0.05) is 37.8 Å². The average Bonchev–Trinajstić information content (AvgIpc) is 3.84. The molecule has 6 fully saturated rings. The summed E-state index contributed by atoms with van der Waals surface area (Å²) in [4.78, 5) is 62.4. The average molecular weight is 914 g/mol. The number of ether oxygens (including phenoxy) is 5. The number of epoxide rings is 1. The van der Waals surface area contributed by atoms with Gasteiger partial charge in [-0.3, -0.25) is 24.0 Å². The first-order valence-corrected chi connectivity index (χ1v) is 24.7. The van der Waals surface area contributed by atoms with Crippen molar-refractivity contribution in [3.63, 3.8) is 0 Å². The number of rotatable bonds is 21. The van der Waals surface area contributed by atoms with Crippen LogP contribution in [0.5, 0.6) is 0 Å². The smallest absolute Gasteiger partial charge is 0.327 e. The first-order chi connectivity index (χ1) is 31.7. The molecule has 2 saturated carbocycles. The number of hydrogen-bond donors (Lipinski definition) is 3. The highest BCUT2D eigenvalue weighted by Gasteiger charge is 2.76. The van der Waals surface area contributed by atoms with Gasteiger partial charge in [-0.25, -0.2) is 0 Å². The fourth-order valence-corrected chi connectivity index (χ4v) is 10.9. The summed E-state index contributed by atoms with van der Waals surface area (Å²) in [6, 6.07) is 13.2. The number of allylic oxidation sites excluding steroid dienone is 1. The zero-order valence-electron chi connectivity index (χ0n) is 39.5. The molecular formula is C52H71N3O11. The molecule has 3 N–H and O–H groups in total. The quantitative estimate of drug-likeness (QED) is 0.0652. The summed E-state index contributed by atoms with van der Waals surface area (Å²) in [6.07, 6.45) is 13.4. The van der Waals surface area contributed by atoms with Gasteiger partial charge in [0.05, 0.1) is 31.4 Å². The van der Waals surface area contributed by atoms with Gasteiger partial charge in [-0.2, -0.15) is 5.06 Å². The number of aliphatic hydroxyl groups is 1. The van der Waals surface area contributed by atoms with Gasteiger partial charge in [-0.1, -0.05) is 88.1 Å². The van der Waals surface area contributed by atoms with Gasteiger partial charge in [0.15, 0.2) is 11.8 Å². The van der Waals surface area contributed by atoms with Crippen LogP contribution in [0.25, 0.3) is 6.08 Å². The fraction of sp³-hybridized carbons (Fsp3) is 0.654. The topological polar surface area (TPSA) is 174 Å². The largest absolute Gasteiger partial charge is 0.460 e. The van der Waals surface area contributed by atoms with Crippen molar-refractivity contribution in [2.75, 3.05) is 6.61 Å². The molecule has 0 spiro atoms. The van der Waals surface area contributed by atoms with Crippen molar-refractivity contribution in [1.29, 1.82) is 0 Å². The van der Waals surface area contributed by atoms with Gasteiger partial charge in [0.25, 0.3) is 5.91 Å². The van der Waals surface area contributed by atoms with E-state index in [2.05, 4.69) is 42.7 Å². The van der Waals surface area contributed by atoms with E-state index in [9.17, 15) is 19.5 Å². The van der Waals surface area contributed by atoms with Crippen LogP contribution >= 0.6 is 0 Å². The zero-order valence-corrected chi connectivity index (χ0v) is 39.5. The molecule has 8 rings (SSSR count). The fourth-order valence-electron chi connectivity index (χ4n) is 10.9. The number of nitrogens with one attached hydrogen (secondary N) is 2. The van der Waals surface area contributed by atoms with Crippen molar-refractivity contribution >= 4 is 29.8 Å². The maximum absolute atomic E-state index is 15.2. The molecule has 66 heavy (non-hydrogen) atoms. The Kier molecular flexibility index (Phi) is 15.1. The summed E-state index contributed by atoms with van der Waals surface area (Å²) in [5.41, 5.74) is 0.928. The molecule has 2 aromatic carbocycles. The van der Waals surface area contributed by atoms with Crippen LogP contribution in [0.1, 0.15) is 152 Å². The summed E-state index contributed by atoms with van der Waals surface area (Å²) < 4.78 is 31.5. The van der Waals surface area contributed by atoms with Crippen LogP contribution < -0.4 is 10.6 Å². The summed E-state index contributed by atoms with van der Waals surface area (Å²) in [7, 11) is 0. The van der Waals surface area contributed by atoms with Crippen molar-refractivity contribution < 1.29 is 52.8 Å². The zero-order chi connectivity index (χ0) is 46.6. The van der Waals surface area contributed by atoms with Crippen LogP contribution in [0.2, 0.25) is 0 Å². The van der Waals surface area contributed by atoms with Gasteiger partial charge in [-0.05, 0) is 94.0 Å². The molecule has 4 aliphatic heterocycles. The van der Waals surface area contributed by atoms with Crippen molar-refractivity contribution in [3.05, 3.63) is 76.9 Å². The second-order valence-corrected chi connectivity index (χ2v) is 20.4. The minimum Gasteiger partial charge on any atom is -0.460 e. The molecule has 360 valence electrons. The van der Waals surface area contributed by atoms with Gasteiger partial charge in [0.2, 0.25) is 5.91 Å². The standard InChI is InChI=1S/C52H71N3O11/c1-6-8-12-25-51(26-13-9-7-2)64-43-41-29-52(49(60)53-30-34-15-14-18-36(27-34)47(58)54-38(32-56)22-24-42(57)63-50(3,4)5)45(48(59)62-41)55(66-46(52)44(43)65-51)31-37-17-11-10-16-35(37)21-19-33-20-23-39-40(28-33)61-39/h10-11,14-19,21,27,33,38-41,43-46,56H,6-9,12-13,20,22-26,28-32H2,1-5H3,(H,53,60)(H,54,58)/t33?,38-,39?,40?,41+,43-,44-,45-,46+,52-/m0/s1. The number of carbonyl (C=O) groups excluding carboxylic acids is 4. The van der Waals surface area contributed by atoms with Crippen molar-refractivity contribution in [1.82, 2.24) is 15.7 Å². The van der Waals surface area contributed by atoms with E-state index in [0.29, 0.717) is 42.1 Å². The molecule has 0 aromatic heterocycles. The molecular weight excluding hydrogens is 843 g/mol. The lowest BCUT2D eigenvalue weighted by Gasteiger charge is -2.48. The molecule has 4 heterocycles. The number of aliphatic hydroxyl groups excluding tert-OH is 1. The third kappa shape index (κ3) is 10.7. The van der Waals surface area contributed by atoms with Gasteiger partial charge < -0.3 is 39.4 Å². The molecule has 2 bridgehead atoms. The number of hydroxylamine groups is 2. The second-order valence-electron chi connectivity index (χ2n) is 20.4. The van der Waals surface area contributed by atoms with Crippen LogP contribution in [0.15, 0.2) is 54.6 Å². The lowest BCUT2D eigenvalue weighted by atomic mass is 9.62. The lowest BCUT2D eigenvalue weighted by molar-refractivity contribution is -0.224. The first kappa shape index (κ1) is 48.3. The van der Waals surface area contributed by atoms with Crippen LogP contribution in [-0.4, -0.2) is 101 Å². The third-order valence-corrected chi connectivity index (χ3v) is 14.3. The number of amides is 2. The van der Waals surface area contributed by atoms with E-state index in [1.54, 1.807) is 44.0 Å². The van der Waals surface area contributed by atoms with E-state index in [1.165, 1.54) is 0 Å². The third-order valence-electron chi connectivity index (χ3n) is 14.3. The number of benzene rings is 2. The predicted molar refractivity (Wildman–Crippen MR) is 245 cm³/mol. The molecule has 6 aliphatic rings. The maximum Gasteiger partial charge on any atom is 0.327 e. The monoisotopic (exact) mass is 914 g/mol. The van der Waals surface area contributed by atoms with Crippen LogP contribution in [0, 0.1) is 11.3 Å². The Morgan fingerprint density at radius 3 is 2.44 bits per heavy atom. The molecule has 10 atom stereocenters. The minimum absolute atomic E-state index is 0.0342. The Bertz CT molecular complexity index is 2080. The highest BCUT2D eigenvalue weighted by Crippen LogP contribution is 2.58. The molecule has 4 saturated heterocycles. The lowest BCUT2D eigenvalue weighted by Crippen LogP contribution is -2.69. The van der Waals surface area contributed by atoms with E-state index >= 15 is 4.79 Å². The van der Waals surface area contributed by atoms with Gasteiger partial charge >= 0.3 is 11.9 Å². The summed E-state index contributed by atoms with van der Waals surface area (Å²) in [5.74, 6) is -2.19. The summed E-state index contributed by atoms with van der Waals surface area (Å²) >= 11 is 0. The maximum atomic E-state index is 15.2. The highest BCUT2D eigenvalue weighted by atomic mass is 16.8. The van der Waals surface area contributed by atoms with E-state index in [0.717, 1.165) is 68.9 Å². The number of nitrogens with zero attached hydrogens (tertiary/aromatic N) is 1. The Morgan fingerprint density at radius 1 is 0.955 bits per heavy atom. The van der Waals surface area contributed by atoms with Gasteiger partial charge in [-0.15, -0.1) is 0 Å². The molecule has 14 heteroatoms. The molecule has 2 aliphatic carbocycles. The molecule has 3 unspecified atom stereocenters. The van der Waals surface area contributed by atoms with E-state index in [4.69, 9.17) is 28.5 Å². The Labute approximate surface area is 389 Å². The Morgan fingerprint density at radius 2 is 1.71 bits per heavy atom. The molecule has 14 nitrogen and oxygen atoms in total. The summed E-state index contributed by atoms with van der Waals surface area (Å²) in [6.45, 7) is 9.63. The van der Waals surface area contributed by atoms with Crippen LogP contribution in [0.4, 0.5) is 0 Å². The molecule has 0 radical (unpaired) electrons. The SMILES string of the molecule is CCCCCC1(CCCCC)O[C@@H]2[C@H](O1)[C@H]1ON(Cc3ccccc3C=CC3CCC4OC4C3)[C@H]3C(=O)O[C@@H]2C[C@@]13C(=O)NCc1cccc(C(=O)N[C@H](CO)CCC(=O)OC(C)(C)C)c1. The Hall–Kier alpha value is -4.18. The van der Waals surface area contributed by atoms with Crippen molar-refractivity contribution in [2.45, 2.75) is 198 Å². The predicted octanol–water partition coefficient (Wildman–Crippen LogP) is 7.24. The van der Waals surface area contributed by atoms with Crippen molar-refractivity contribution in [3.8, 4) is 0 Å². The Balaban J connectivity index is 1.03. The van der Waals surface area contributed by atoms with Crippen LogP contribution in [-0.2, 0) is 56.0 Å².